The number of nitrogens with one attached hydrogen (secondary N) is 2. The van der Waals surface area contributed by atoms with Crippen LogP contribution in [0.2, 0.25) is 0 Å². The van der Waals surface area contributed by atoms with E-state index in [-0.39, 0.29) is 18.4 Å². The van der Waals surface area contributed by atoms with Crippen molar-refractivity contribution in [1.82, 2.24) is 10.6 Å². The quantitative estimate of drug-likeness (QED) is 0.330. The van der Waals surface area contributed by atoms with Gasteiger partial charge in [-0.15, -0.1) is 0 Å². The fourth-order valence-corrected chi connectivity index (χ4v) is 2.61. The molecular formula is C23H32N2O3. The summed E-state index contributed by atoms with van der Waals surface area (Å²) in [4.78, 5) is 24.6. The van der Waals surface area contributed by atoms with Crippen LogP contribution in [0.15, 0.2) is 64.8 Å². The van der Waals surface area contributed by atoms with E-state index in [1.54, 1.807) is 20.0 Å². The third-order valence-electron chi connectivity index (χ3n) is 4.49. The highest BCUT2D eigenvalue weighted by Gasteiger charge is 2.12. The lowest BCUT2D eigenvalue weighted by Gasteiger charge is -2.12. The number of allylic oxidation sites excluding steroid dienone is 3. The molecule has 0 aliphatic carbocycles. The second kappa shape index (κ2) is 12.7. The van der Waals surface area contributed by atoms with Gasteiger partial charge >= 0.3 is 0 Å². The van der Waals surface area contributed by atoms with Crippen molar-refractivity contribution < 1.29 is 14.7 Å². The van der Waals surface area contributed by atoms with Crippen molar-refractivity contribution in [2.24, 2.45) is 0 Å². The summed E-state index contributed by atoms with van der Waals surface area (Å²) in [6, 6.07) is 10.1. The van der Waals surface area contributed by atoms with Crippen LogP contribution in [0.25, 0.3) is 0 Å². The first kappa shape index (κ1) is 23.4. The monoisotopic (exact) mass is 384 g/mol. The number of hydrogen-bond donors (Lipinski definition) is 3. The van der Waals surface area contributed by atoms with Crippen LogP contribution < -0.4 is 10.6 Å². The maximum Gasteiger partial charge on any atom is 0.251 e. The molecule has 0 saturated carbocycles. The molecule has 0 radical (unpaired) electrons. The average Bonchev–Trinajstić information content (AvgIpc) is 2.72. The average molecular weight is 385 g/mol. The van der Waals surface area contributed by atoms with E-state index in [1.807, 2.05) is 24.3 Å². The lowest BCUT2D eigenvalue weighted by molar-refractivity contribution is -0.117. The van der Waals surface area contributed by atoms with Gasteiger partial charge in [-0.05, 0) is 56.4 Å². The lowest BCUT2D eigenvalue weighted by Crippen LogP contribution is -2.27. The molecule has 0 heterocycles. The number of likely N-dealkylation sites (N-methyl/N-ethyl adjacent to an activating group) is 1. The van der Waals surface area contributed by atoms with Crippen LogP contribution in [0.5, 0.6) is 0 Å². The minimum atomic E-state index is -0.258. The van der Waals surface area contributed by atoms with Gasteiger partial charge in [0.2, 0.25) is 5.91 Å². The maximum atomic E-state index is 12.7. The summed E-state index contributed by atoms with van der Waals surface area (Å²) in [5.41, 5.74) is 4.29. The summed E-state index contributed by atoms with van der Waals surface area (Å²) >= 11 is 0. The van der Waals surface area contributed by atoms with E-state index in [0.29, 0.717) is 30.5 Å². The molecule has 1 rings (SSSR count). The molecule has 0 atom stereocenters. The molecule has 0 bridgehead atoms. The SMILES string of the molecule is CCC(C)=C(/C=C(\C=C(/C)C(=O)NC)C(=O)NCCCO)Cc1ccccc1. The van der Waals surface area contributed by atoms with Gasteiger partial charge < -0.3 is 15.7 Å². The van der Waals surface area contributed by atoms with Crippen LogP contribution >= 0.6 is 0 Å². The summed E-state index contributed by atoms with van der Waals surface area (Å²) in [6.45, 7) is 6.22. The van der Waals surface area contributed by atoms with Crippen LogP contribution in [0.1, 0.15) is 39.2 Å². The molecule has 0 saturated heterocycles. The molecule has 0 aromatic heterocycles. The standard InChI is InChI=1S/C23H32N2O3/c1-5-17(2)20(15-19-10-7-6-8-11-19)16-21(14-18(3)22(27)24-4)23(28)25-12-9-13-26/h6-8,10-11,14,16,26H,5,9,12-13,15H2,1-4H3,(H,24,27)(H,25,28)/b18-14+,20-17?,21-16+. The minimum Gasteiger partial charge on any atom is -0.396 e. The third-order valence-corrected chi connectivity index (χ3v) is 4.49. The Bertz CT molecular complexity index is 746. The Morgan fingerprint density at radius 3 is 2.32 bits per heavy atom. The predicted molar refractivity (Wildman–Crippen MR) is 114 cm³/mol. The normalized spacial score (nSPS) is 13.0. The van der Waals surface area contributed by atoms with Crippen LogP contribution in [0.3, 0.4) is 0 Å². The number of amides is 2. The number of aliphatic hydroxyl groups is 1. The zero-order chi connectivity index (χ0) is 20.9. The Hall–Kier alpha value is -2.66. The smallest absolute Gasteiger partial charge is 0.251 e. The highest BCUT2D eigenvalue weighted by molar-refractivity contribution is 6.00. The molecular weight excluding hydrogens is 352 g/mol. The third kappa shape index (κ3) is 7.92. The van der Waals surface area contributed by atoms with E-state index < -0.39 is 0 Å². The van der Waals surface area contributed by atoms with Gasteiger partial charge in [0.1, 0.15) is 0 Å². The highest BCUT2D eigenvalue weighted by Crippen LogP contribution is 2.19. The van der Waals surface area contributed by atoms with Crippen molar-refractivity contribution in [2.75, 3.05) is 20.2 Å². The van der Waals surface area contributed by atoms with E-state index in [2.05, 4.69) is 36.6 Å². The Balaban J connectivity index is 3.30. The predicted octanol–water partition coefficient (Wildman–Crippen LogP) is 3.07. The molecule has 0 unspecified atom stereocenters. The van der Waals surface area contributed by atoms with E-state index in [9.17, 15) is 9.59 Å². The number of rotatable bonds is 10. The van der Waals surface area contributed by atoms with Crippen molar-refractivity contribution in [3.8, 4) is 0 Å². The summed E-state index contributed by atoms with van der Waals surface area (Å²) < 4.78 is 0. The van der Waals surface area contributed by atoms with Gasteiger partial charge in [0.15, 0.2) is 0 Å². The second-order valence-electron chi connectivity index (χ2n) is 6.66. The Morgan fingerprint density at radius 2 is 1.75 bits per heavy atom. The molecule has 3 N–H and O–H groups in total. The first-order valence-corrected chi connectivity index (χ1v) is 9.66. The first-order chi connectivity index (χ1) is 13.4. The highest BCUT2D eigenvalue weighted by atomic mass is 16.3. The van der Waals surface area contributed by atoms with Gasteiger partial charge in [-0.2, -0.15) is 0 Å². The Labute approximate surface area is 168 Å². The molecule has 5 heteroatoms. The molecule has 1 aromatic rings. The number of benzene rings is 1. The maximum absolute atomic E-state index is 12.7. The molecule has 2 amide bonds. The summed E-state index contributed by atoms with van der Waals surface area (Å²) in [6.07, 6.45) is 5.54. The van der Waals surface area contributed by atoms with E-state index in [1.165, 1.54) is 5.57 Å². The summed E-state index contributed by atoms with van der Waals surface area (Å²) in [5.74, 6) is -0.485. The largest absolute Gasteiger partial charge is 0.396 e. The van der Waals surface area contributed by atoms with Crippen LogP contribution in [-0.4, -0.2) is 37.1 Å². The van der Waals surface area contributed by atoms with Crippen molar-refractivity contribution in [1.29, 1.82) is 0 Å². The van der Waals surface area contributed by atoms with Gasteiger partial charge in [0, 0.05) is 31.3 Å². The zero-order valence-electron chi connectivity index (χ0n) is 17.3. The van der Waals surface area contributed by atoms with Crippen molar-refractivity contribution >= 4 is 11.8 Å². The fourth-order valence-electron chi connectivity index (χ4n) is 2.61. The fraction of sp³-hybridized carbons (Fsp3) is 0.391. The molecule has 0 aliphatic rings. The molecule has 5 nitrogen and oxygen atoms in total. The number of aliphatic hydroxyl groups excluding tert-OH is 1. The molecule has 28 heavy (non-hydrogen) atoms. The Morgan fingerprint density at radius 1 is 1.07 bits per heavy atom. The number of carbonyl (C=O) groups is 2. The van der Waals surface area contributed by atoms with Crippen LogP contribution in [-0.2, 0) is 16.0 Å². The summed E-state index contributed by atoms with van der Waals surface area (Å²) in [7, 11) is 1.56. The topological polar surface area (TPSA) is 78.4 Å². The molecule has 0 fully saturated rings. The van der Waals surface area contributed by atoms with Gasteiger partial charge in [0.25, 0.3) is 5.91 Å². The van der Waals surface area contributed by atoms with Crippen molar-refractivity contribution in [2.45, 2.75) is 40.0 Å². The van der Waals surface area contributed by atoms with Gasteiger partial charge in [-0.25, -0.2) is 0 Å². The minimum absolute atomic E-state index is 0.0144. The van der Waals surface area contributed by atoms with E-state index in [0.717, 1.165) is 17.6 Å². The van der Waals surface area contributed by atoms with Gasteiger partial charge in [-0.1, -0.05) is 42.8 Å². The van der Waals surface area contributed by atoms with Crippen molar-refractivity contribution in [3.05, 3.63) is 70.3 Å². The van der Waals surface area contributed by atoms with Crippen molar-refractivity contribution in [3.63, 3.8) is 0 Å². The molecule has 0 aliphatic heterocycles. The summed E-state index contributed by atoms with van der Waals surface area (Å²) in [5, 5.41) is 14.3. The number of carbonyl (C=O) groups excluding carboxylic acids is 2. The van der Waals surface area contributed by atoms with Crippen LogP contribution in [0, 0.1) is 0 Å². The van der Waals surface area contributed by atoms with Gasteiger partial charge in [-0.3, -0.25) is 9.59 Å². The second-order valence-corrected chi connectivity index (χ2v) is 6.66. The lowest BCUT2D eigenvalue weighted by atomic mass is 9.96. The molecule has 1 aromatic carbocycles. The molecule has 0 spiro atoms. The van der Waals surface area contributed by atoms with Crippen LogP contribution in [0.4, 0.5) is 0 Å². The van der Waals surface area contributed by atoms with E-state index in [4.69, 9.17) is 5.11 Å². The van der Waals surface area contributed by atoms with Gasteiger partial charge in [0.05, 0.1) is 0 Å². The van der Waals surface area contributed by atoms with E-state index >= 15 is 0 Å². The zero-order valence-corrected chi connectivity index (χ0v) is 17.3. The molecule has 152 valence electrons. The number of hydrogen-bond acceptors (Lipinski definition) is 3. The first-order valence-electron chi connectivity index (χ1n) is 9.66. The Kier molecular flexibility index (Phi) is 10.6.